The summed E-state index contributed by atoms with van der Waals surface area (Å²) in [5, 5.41) is 0. The van der Waals surface area contributed by atoms with Crippen LogP contribution in [-0.4, -0.2) is 27.3 Å². The van der Waals surface area contributed by atoms with Gasteiger partial charge in [-0.3, -0.25) is 4.79 Å². The maximum Gasteiger partial charge on any atom is 0.316 e. The lowest BCUT2D eigenvalue weighted by molar-refractivity contribution is -0.156. The SMILES string of the molecule is COC(=O)[C@]12CCCC(C)(C)[C@@H]1CCc1cc(C(C)C)c(OC)c(OC)c12. The number of esters is 1. The first-order valence-electron chi connectivity index (χ1n) is 10.1. The van der Waals surface area contributed by atoms with Gasteiger partial charge in [0.05, 0.1) is 21.3 Å². The van der Waals surface area contributed by atoms with Crippen molar-refractivity contribution in [3.63, 3.8) is 0 Å². The van der Waals surface area contributed by atoms with E-state index in [2.05, 4.69) is 33.8 Å². The molecule has 0 saturated heterocycles. The molecule has 2 aliphatic carbocycles. The maximum absolute atomic E-state index is 13.3. The second-order valence-electron chi connectivity index (χ2n) is 9.12. The molecule has 4 heteroatoms. The molecule has 27 heavy (non-hydrogen) atoms. The Morgan fingerprint density at radius 2 is 1.78 bits per heavy atom. The molecule has 1 aromatic rings. The number of carbonyl (C=O) groups is 1. The Morgan fingerprint density at radius 1 is 1.11 bits per heavy atom. The number of rotatable bonds is 4. The van der Waals surface area contributed by atoms with Gasteiger partial charge in [0.2, 0.25) is 0 Å². The van der Waals surface area contributed by atoms with Gasteiger partial charge in [0, 0.05) is 11.1 Å². The zero-order valence-electron chi connectivity index (χ0n) is 17.9. The first kappa shape index (κ1) is 20.0. The fourth-order valence-electron chi connectivity index (χ4n) is 5.84. The molecule has 1 fully saturated rings. The lowest BCUT2D eigenvalue weighted by atomic mass is 9.49. The molecule has 4 nitrogen and oxygen atoms in total. The minimum atomic E-state index is -0.655. The van der Waals surface area contributed by atoms with Gasteiger partial charge in [-0.25, -0.2) is 0 Å². The molecule has 0 amide bonds. The molecule has 1 saturated carbocycles. The van der Waals surface area contributed by atoms with Gasteiger partial charge < -0.3 is 14.2 Å². The van der Waals surface area contributed by atoms with Crippen molar-refractivity contribution in [2.45, 2.75) is 71.1 Å². The fourth-order valence-corrected chi connectivity index (χ4v) is 5.84. The van der Waals surface area contributed by atoms with E-state index in [0.717, 1.165) is 54.7 Å². The molecule has 0 heterocycles. The van der Waals surface area contributed by atoms with Gasteiger partial charge >= 0.3 is 5.97 Å². The zero-order valence-corrected chi connectivity index (χ0v) is 17.9. The normalized spacial score (nSPS) is 26.1. The largest absolute Gasteiger partial charge is 0.493 e. The number of hydrogen-bond acceptors (Lipinski definition) is 4. The van der Waals surface area contributed by atoms with Crippen molar-refractivity contribution >= 4 is 5.97 Å². The van der Waals surface area contributed by atoms with Gasteiger partial charge in [-0.15, -0.1) is 0 Å². The van der Waals surface area contributed by atoms with Crippen LogP contribution in [0.2, 0.25) is 0 Å². The fraction of sp³-hybridized carbons (Fsp3) is 0.696. The van der Waals surface area contributed by atoms with E-state index >= 15 is 0 Å². The smallest absolute Gasteiger partial charge is 0.316 e. The van der Waals surface area contributed by atoms with E-state index in [1.54, 1.807) is 14.2 Å². The third kappa shape index (κ3) is 2.83. The Hall–Kier alpha value is -1.71. The molecule has 0 bridgehead atoms. The number of methoxy groups -OCH3 is 3. The molecule has 1 aromatic carbocycles. The lowest BCUT2D eigenvalue weighted by Crippen LogP contribution is -2.55. The minimum absolute atomic E-state index is 0.0824. The summed E-state index contributed by atoms with van der Waals surface area (Å²) in [6.07, 6.45) is 4.91. The van der Waals surface area contributed by atoms with Crippen LogP contribution in [0.3, 0.4) is 0 Å². The molecule has 2 atom stereocenters. The lowest BCUT2D eigenvalue weighted by Gasteiger charge is -2.54. The van der Waals surface area contributed by atoms with Gasteiger partial charge in [0.25, 0.3) is 0 Å². The highest BCUT2D eigenvalue weighted by Gasteiger charge is 2.59. The Bertz CT molecular complexity index is 734. The number of hydrogen-bond donors (Lipinski definition) is 0. The summed E-state index contributed by atoms with van der Waals surface area (Å²) in [6.45, 7) is 8.92. The van der Waals surface area contributed by atoms with Crippen LogP contribution in [-0.2, 0) is 21.4 Å². The molecule has 0 aromatic heterocycles. The predicted molar refractivity (Wildman–Crippen MR) is 107 cm³/mol. The Labute approximate surface area is 163 Å². The van der Waals surface area contributed by atoms with Crippen LogP contribution in [0.1, 0.15) is 76.0 Å². The van der Waals surface area contributed by atoms with Gasteiger partial charge in [0.1, 0.15) is 5.41 Å². The maximum atomic E-state index is 13.3. The molecular weight excluding hydrogens is 340 g/mol. The first-order valence-corrected chi connectivity index (χ1v) is 10.1. The van der Waals surface area contributed by atoms with Gasteiger partial charge in [-0.05, 0) is 48.5 Å². The molecule has 150 valence electrons. The average molecular weight is 375 g/mol. The molecule has 2 aliphatic rings. The van der Waals surface area contributed by atoms with Crippen molar-refractivity contribution in [3.8, 4) is 11.5 Å². The van der Waals surface area contributed by atoms with Crippen LogP contribution in [0, 0.1) is 11.3 Å². The van der Waals surface area contributed by atoms with Gasteiger partial charge in [-0.2, -0.15) is 0 Å². The molecule has 0 radical (unpaired) electrons. The summed E-state index contributed by atoms with van der Waals surface area (Å²) in [5.74, 6) is 1.92. The third-order valence-electron chi connectivity index (χ3n) is 7.01. The van der Waals surface area contributed by atoms with E-state index in [0.29, 0.717) is 5.92 Å². The summed E-state index contributed by atoms with van der Waals surface area (Å²) >= 11 is 0. The summed E-state index contributed by atoms with van der Waals surface area (Å²) in [6, 6.07) is 2.24. The van der Waals surface area contributed by atoms with Crippen LogP contribution in [0.15, 0.2) is 6.07 Å². The highest BCUT2D eigenvalue weighted by molar-refractivity contribution is 5.87. The molecule has 0 unspecified atom stereocenters. The predicted octanol–water partition coefficient (Wildman–Crippen LogP) is 5.01. The zero-order chi connectivity index (χ0) is 20.0. The summed E-state index contributed by atoms with van der Waals surface area (Å²) in [7, 11) is 4.88. The number of fused-ring (bicyclic) bond motifs is 3. The number of benzene rings is 1. The molecule has 0 aliphatic heterocycles. The van der Waals surface area contributed by atoms with Crippen molar-refractivity contribution in [2.75, 3.05) is 21.3 Å². The second-order valence-corrected chi connectivity index (χ2v) is 9.12. The van der Waals surface area contributed by atoms with E-state index in [1.165, 1.54) is 12.7 Å². The molecule has 0 N–H and O–H groups in total. The van der Waals surface area contributed by atoms with Gasteiger partial charge in [0.15, 0.2) is 11.5 Å². The molecule has 3 rings (SSSR count). The van der Waals surface area contributed by atoms with Crippen LogP contribution < -0.4 is 9.47 Å². The summed E-state index contributed by atoms with van der Waals surface area (Å²) in [5.41, 5.74) is 2.80. The molecular formula is C23H34O4. The van der Waals surface area contributed by atoms with Crippen LogP contribution >= 0.6 is 0 Å². The topological polar surface area (TPSA) is 44.8 Å². The van der Waals surface area contributed by atoms with E-state index in [1.807, 2.05) is 0 Å². The van der Waals surface area contributed by atoms with E-state index in [9.17, 15) is 4.79 Å². The van der Waals surface area contributed by atoms with Crippen molar-refractivity contribution < 1.29 is 19.0 Å². The van der Waals surface area contributed by atoms with Crippen molar-refractivity contribution in [1.29, 1.82) is 0 Å². The van der Waals surface area contributed by atoms with Crippen LogP contribution in [0.25, 0.3) is 0 Å². The first-order chi connectivity index (χ1) is 12.7. The van der Waals surface area contributed by atoms with Crippen LogP contribution in [0.5, 0.6) is 11.5 Å². The second kappa shape index (κ2) is 7.03. The standard InChI is InChI=1S/C23H34O4/c1-14(2)16-13-15-9-10-17-22(3,4)11-8-12-23(17,21(24)27-7)18(15)20(26-6)19(16)25-5/h13-14,17H,8-12H2,1-7H3/t17-,23+/m0/s1. The van der Waals surface area contributed by atoms with Gasteiger partial charge in [-0.1, -0.05) is 40.2 Å². The molecule has 0 spiro atoms. The Morgan fingerprint density at radius 3 is 2.33 bits per heavy atom. The van der Waals surface area contributed by atoms with Crippen molar-refractivity contribution in [3.05, 3.63) is 22.8 Å². The highest BCUT2D eigenvalue weighted by atomic mass is 16.5. The van der Waals surface area contributed by atoms with E-state index < -0.39 is 5.41 Å². The van der Waals surface area contributed by atoms with Crippen molar-refractivity contribution in [1.82, 2.24) is 0 Å². The summed E-state index contributed by atoms with van der Waals surface area (Å²) < 4.78 is 17.2. The minimum Gasteiger partial charge on any atom is -0.493 e. The third-order valence-corrected chi connectivity index (χ3v) is 7.01. The quantitative estimate of drug-likeness (QED) is 0.695. The highest BCUT2D eigenvalue weighted by Crippen LogP contribution is 2.61. The number of aryl methyl sites for hydroxylation is 1. The average Bonchev–Trinajstić information content (AvgIpc) is 2.64. The monoisotopic (exact) mass is 374 g/mol. The Kier molecular flexibility index (Phi) is 5.22. The number of ether oxygens (including phenoxy) is 3. The van der Waals surface area contributed by atoms with E-state index in [4.69, 9.17) is 14.2 Å². The van der Waals surface area contributed by atoms with E-state index in [-0.39, 0.29) is 17.3 Å². The van der Waals surface area contributed by atoms with Crippen LogP contribution in [0.4, 0.5) is 0 Å². The Balaban J connectivity index is 2.37. The number of carbonyl (C=O) groups excluding carboxylic acids is 1. The summed E-state index contributed by atoms with van der Waals surface area (Å²) in [4.78, 5) is 13.3. The van der Waals surface area contributed by atoms with Crippen molar-refractivity contribution in [2.24, 2.45) is 11.3 Å².